The van der Waals surface area contributed by atoms with E-state index in [-0.39, 0.29) is 22.3 Å². The number of carboxylic acids is 1. The fourth-order valence-corrected chi connectivity index (χ4v) is 2.76. The van der Waals surface area contributed by atoms with E-state index in [4.69, 9.17) is 16.7 Å². The van der Waals surface area contributed by atoms with E-state index < -0.39 is 16.0 Å². The molecule has 0 bridgehead atoms. The summed E-state index contributed by atoms with van der Waals surface area (Å²) in [5, 5.41) is 16.0. The summed E-state index contributed by atoms with van der Waals surface area (Å²) in [5.74, 6) is -1.32. The third-order valence-corrected chi connectivity index (χ3v) is 3.88. The molecule has 0 aliphatic rings. The second kappa shape index (κ2) is 6.06. The number of carbonyl (C=O) groups is 1. The van der Waals surface area contributed by atoms with Crippen molar-refractivity contribution in [2.45, 2.75) is 5.75 Å². The Morgan fingerprint density at radius 2 is 1.81 bits per heavy atom. The minimum absolute atomic E-state index is 0.0570. The van der Waals surface area contributed by atoms with Crippen molar-refractivity contribution in [2.24, 2.45) is 0 Å². The van der Waals surface area contributed by atoms with Gasteiger partial charge in [0.05, 0.1) is 11.3 Å². The Kier molecular flexibility index (Phi) is 4.39. The van der Waals surface area contributed by atoms with Crippen molar-refractivity contribution < 1.29 is 18.3 Å². The summed E-state index contributed by atoms with van der Waals surface area (Å²) >= 11 is 5.55. The SMILES string of the molecule is O=C(O)c1ccc(CS(=O)(=O)Nc2ccc(Cl)nn2)cc1. The van der Waals surface area contributed by atoms with Crippen LogP contribution in [0.5, 0.6) is 0 Å². The molecule has 1 heterocycles. The molecule has 0 saturated heterocycles. The number of anilines is 1. The van der Waals surface area contributed by atoms with Gasteiger partial charge in [0.1, 0.15) is 0 Å². The van der Waals surface area contributed by atoms with E-state index in [1.54, 1.807) is 0 Å². The maximum atomic E-state index is 11.9. The van der Waals surface area contributed by atoms with Crippen LogP contribution < -0.4 is 4.72 Å². The average molecular weight is 328 g/mol. The Bertz CT molecular complexity index is 745. The summed E-state index contributed by atoms with van der Waals surface area (Å²) in [6.45, 7) is 0. The van der Waals surface area contributed by atoms with E-state index in [1.165, 1.54) is 36.4 Å². The van der Waals surface area contributed by atoms with E-state index in [0.29, 0.717) is 5.56 Å². The molecule has 0 atom stereocenters. The first-order valence-corrected chi connectivity index (χ1v) is 7.71. The second-order valence-corrected chi connectivity index (χ2v) is 6.21. The fraction of sp³-hybridized carbons (Fsp3) is 0.0833. The number of nitrogens with zero attached hydrogens (tertiary/aromatic N) is 2. The monoisotopic (exact) mass is 327 g/mol. The molecule has 1 aromatic heterocycles. The summed E-state index contributed by atoms with van der Waals surface area (Å²) in [4.78, 5) is 10.7. The maximum absolute atomic E-state index is 11.9. The van der Waals surface area contributed by atoms with Crippen LogP contribution in [0.25, 0.3) is 0 Å². The third-order valence-electron chi connectivity index (χ3n) is 2.45. The lowest BCUT2D eigenvalue weighted by Gasteiger charge is -2.07. The summed E-state index contributed by atoms with van der Waals surface area (Å²) in [5.41, 5.74) is 0.544. The van der Waals surface area contributed by atoms with Gasteiger partial charge in [-0.3, -0.25) is 4.72 Å². The van der Waals surface area contributed by atoms with E-state index in [1.807, 2.05) is 0 Å². The van der Waals surface area contributed by atoms with Gasteiger partial charge in [0.15, 0.2) is 11.0 Å². The van der Waals surface area contributed by atoms with Crippen molar-refractivity contribution in [3.63, 3.8) is 0 Å². The third kappa shape index (κ3) is 4.40. The number of aromatic nitrogens is 2. The largest absolute Gasteiger partial charge is 0.478 e. The highest BCUT2D eigenvalue weighted by atomic mass is 35.5. The first-order chi connectivity index (χ1) is 9.85. The van der Waals surface area contributed by atoms with Crippen LogP contribution in [-0.4, -0.2) is 29.7 Å². The second-order valence-electron chi connectivity index (χ2n) is 4.10. The molecule has 0 aliphatic heterocycles. The summed E-state index contributed by atoms with van der Waals surface area (Å²) in [7, 11) is -3.68. The molecule has 0 aliphatic carbocycles. The van der Waals surface area contributed by atoms with E-state index in [0.717, 1.165) is 0 Å². The molecule has 0 radical (unpaired) electrons. The summed E-state index contributed by atoms with van der Waals surface area (Å²) in [6.07, 6.45) is 0. The highest BCUT2D eigenvalue weighted by Crippen LogP contribution is 2.12. The van der Waals surface area contributed by atoms with Gasteiger partial charge in [-0.05, 0) is 29.8 Å². The molecule has 0 spiro atoms. The number of hydrogen-bond donors (Lipinski definition) is 2. The standard InChI is InChI=1S/C12H10ClN3O4S/c13-10-5-6-11(15-14-10)16-21(19,20)7-8-1-3-9(4-2-8)12(17)18/h1-6H,7H2,(H,15,16)(H,17,18). The lowest BCUT2D eigenvalue weighted by atomic mass is 10.1. The zero-order valence-electron chi connectivity index (χ0n) is 10.5. The molecule has 0 saturated carbocycles. The van der Waals surface area contributed by atoms with Crippen LogP contribution in [-0.2, 0) is 15.8 Å². The van der Waals surface area contributed by atoms with Crippen LogP contribution in [0.3, 0.4) is 0 Å². The van der Waals surface area contributed by atoms with Crippen molar-refractivity contribution in [2.75, 3.05) is 4.72 Å². The smallest absolute Gasteiger partial charge is 0.335 e. The van der Waals surface area contributed by atoms with Crippen LogP contribution in [0.15, 0.2) is 36.4 Å². The van der Waals surface area contributed by atoms with Crippen molar-refractivity contribution in [1.82, 2.24) is 10.2 Å². The Morgan fingerprint density at radius 1 is 1.14 bits per heavy atom. The van der Waals surface area contributed by atoms with Gasteiger partial charge in [-0.1, -0.05) is 23.7 Å². The molecule has 0 unspecified atom stereocenters. The number of carboxylic acid groups (broad SMARTS) is 1. The van der Waals surface area contributed by atoms with Gasteiger partial charge in [0.25, 0.3) is 0 Å². The van der Waals surface area contributed by atoms with Crippen LogP contribution in [0.1, 0.15) is 15.9 Å². The van der Waals surface area contributed by atoms with Crippen LogP contribution in [0.2, 0.25) is 5.15 Å². The van der Waals surface area contributed by atoms with Gasteiger partial charge in [0.2, 0.25) is 10.0 Å². The zero-order chi connectivity index (χ0) is 15.5. The van der Waals surface area contributed by atoms with E-state index >= 15 is 0 Å². The fourth-order valence-electron chi connectivity index (χ4n) is 1.53. The summed E-state index contributed by atoms with van der Waals surface area (Å²) in [6, 6.07) is 8.37. The van der Waals surface area contributed by atoms with Crippen molar-refractivity contribution >= 4 is 33.4 Å². The highest BCUT2D eigenvalue weighted by molar-refractivity contribution is 7.91. The maximum Gasteiger partial charge on any atom is 0.335 e. The highest BCUT2D eigenvalue weighted by Gasteiger charge is 2.13. The number of halogens is 1. The lowest BCUT2D eigenvalue weighted by molar-refractivity contribution is 0.0697. The number of aromatic carboxylic acids is 1. The molecule has 2 aromatic rings. The molecule has 2 rings (SSSR count). The van der Waals surface area contributed by atoms with E-state index in [9.17, 15) is 13.2 Å². The topological polar surface area (TPSA) is 109 Å². The molecular formula is C12H10ClN3O4S. The average Bonchev–Trinajstić information content (AvgIpc) is 2.41. The number of nitrogens with one attached hydrogen (secondary N) is 1. The Hall–Kier alpha value is -2.19. The molecule has 21 heavy (non-hydrogen) atoms. The molecule has 7 nitrogen and oxygen atoms in total. The van der Waals surface area contributed by atoms with Gasteiger partial charge < -0.3 is 5.11 Å². The molecule has 110 valence electrons. The van der Waals surface area contributed by atoms with Crippen molar-refractivity contribution in [3.05, 3.63) is 52.7 Å². The van der Waals surface area contributed by atoms with Crippen molar-refractivity contribution in [3.8, 4) is 0 Å². The molecule has 2 N–H and O–H groups in total. The predicted octanol–water partition coefficient (Wildman–Crippen LogP) is 1.77. The van der Waals surface area contributed by atoms with Gasteiger partial charge in [-0.15, -0.1) is 10.2 Å². The molecule has 0 fully saturated rings. The van der Waals surface area contributed by atoms with Gasteiger partial charge in [0, 0.05) is 0 Å². The molecule has 0 amide bonds. The molecule has 9 heteroatoms. The van der Waals surface area contributed by atoms with Crippen LogP contribution in [0.4, 0.5) is 5.82 Å². The Balaban J connectivity index is 2.10. The quantitative estimate of drug-likeness (QED) is 0.866. The normalized spacial score (nSPS) is 11.1. The molecule has 1 aromatic carbocycles. The van der Waals surface area contributed by atoms with Crippen molar-refractivity contribution in [1.29, 1.82) is 0 Å². The van der Waals surface area contributed by atoms with Crippen LogP contribution >= 0.6 is 11.6 Å². The number of rotatable bonds is 5. The first-order valence-electron chi connectivity index (χ1n) is 5.68. The van der Waals surface area contributed by atoms with Gasteiger partial charge in [-0.25, -0.2) is 13.2 Å². The van der Waals surface area contributed by atoms with Gasteiger partial charge in [-0.2, -0.15) is 0 Å². The minimum atomic E-state index is -3.68. The lowest BCUT2D eigenvalue weighted by Crippen LogP contribution is -2.16. The number of benzene rings is 1. The van der Waals surface area contributed by atoms with Crippen LogP contribution in [0, 0.1) is 0 Å². The van der Waals surface area contributed by atoms with Gasteiger partial charge >= 0.3 is 5.97 Å². The Morgan fingerprint density at radius 3 is 2.33 bits per heavy atom. The number of sulfonamides is 1. The molecular weight excluding hydrogens is 318 g/mol. The summed E-state index contributed by atoms with van der Waals surface area (Å²) < 4.78 is 26.1. The first kappa shape index (κ1) is 15.2. The zero-order valence-corrected chi connectivity index (χ0v) is 12.1. The predicted molar refractivity (Wildman–Crippen MR) is 76.7 cm³/mol. The Labute approximate surface area is 125 Å². The van der Waals surface area contributed by atoms with E-state index in [2.05, 4.69) is 14.9 Å². The number of hydrogen-bond acceptors (Lipinski definition) is 5. The minimum Gasteiger partial charge on any atom is -0.478 e.